The Balaban J connectivity index is 4.00. The van der Waals surface area contributed by atoms with Gasteiger partial charge in [0.15, 0.2) is 5.88 Å². The number of aliphatic hydroxyl groups excluding tert-OH is 1. The summed E-state index contributed by atoms with van der Waals surface area (Å²) in [7, 11) is 3.55. The molecule has 1 N–H and O–H groups in total. The van der Waals surface area contributed by atoms with Crippen LogP contribution in [0.3, 0.4) is 0 Å². The van der Waals surface area contributed by atoms with E-state index in [0.717, 1.165) is 5.57 Å². The lowest BCUT2D eigenvalue weighted by Gasteiger charge is -2.09. The molecule has 0 aliphatic carbocycles. The molecule has 0 aromatic heterocycles. The third-order valence-electron chi connectivity index (χ3n) is 0.834. The highest BCUT2D eigenvalue weighted by atomic mass is 16.3. The quantitative estimate of drug-likeness (QED) is 0.449. The summed E-state index contributed by atoms with van der Waals surface area (Å²) >= 11 is 0. The standard InChI is InChI=1S/C7H13NO/c1-6(2)5-7(9)8(3)4/h5,9H,1H2,2-4H3/b7-5+. The van der Waals surface area contributed by atoms with Gasteiger partial charge in [0.05, 0.1) is 0 Å². The van der Waals surface area contributed by atoms with Gasteiger partial charge in [0.25, 0.3) is 0 Å². The Bertz CT molecular complexity index is 136. The summed E-state index contributed by atoms with van der Waals surface area (Å²) in [6, 6.07) is 0. The molecule has 0 radical (unpaired) electrons. The topological polar surface area (TPSA) is 23.5 Å². The second-order valence-corrected chi connectivity index (χ2v) is 2.24. The molecule has 0 heterocycles. The molecule has 0 aromatic carbocycles. The van der Waals surface area contributed by atoms with Gasteiger partial charge in [0.2, 0.25) is 0 Å². The minimum atomic E-state index is 0.238. The first kappa shape index (κ1) is 8.08. The number of hydrogen-bond donors (Lipinski definition) is 1. The van der Waals surface area contributed by atoms with Gasteiger partial charge in [-0.25, -0.2) is 0 Å². The first-order valence-corrected chi connectivity index (χ1v) is 2.77. The summed E-state index contributed by atoms with van der Waals surface area (Å²) in [5, 5.41) is 9.02. The molecule has 0 rings (SSSR count). The van der Waals surface area contributed by atoms with E-state index in [1.807, 2.05) is 6.92 Å². The van der Waals surface area contributed by atoms with E-state index in [1.54, 1.807) is 25.1 Å². The van der Waals surface area contributed by atoms with Gasteiger partial charge in [0.1, 0.15) is 0 Å². The molecule has 0 saturated heterocycles. The van der Waals surface area contributed by atoms with Crippen LogP contribution in [0.2, 0.25) is 0 Å². The fraction of sp³-hybridized carbons (Fsp3) is 0.429. The van der Waals surface area contributed by atoms with Crippen molar-refractivity contribution >= 4 is 0 Å². The van der Waals surface area contributed by atoms with Crippen molar-refractivity contribution in [3.8, 4) is 0 Å². The minimum absolute atomic E-state index is 0.238. The summed E-state index contributed by atoms with van der Waals surface area (Å²) in [6.45, 7) is 5.45. The average molecular weight is 127 g/mol. The first-order valence-electron chi connectivity index (χ1n) is 2.77. The molecule has 2 heteroatoms. The Labute approximate surface area is 56.1 Å². The predicted molar refractivity (Wildman–Crippen MR) is 39.2 cm³/mol. The molecular weight excluding hydrogens is 114 g/mol. The molecule has 0 saturated carbocycles. The third kappa shape index (κ3) is 3.64. The van der Waals surface area contributed by atoms with E-state index < -0.39 is 0 Å². The van der Waals surface area contributed by atoms with E-state index in [-0.39, 0.29) is 5.88 Å². The molecule has 0 unspecified atom stereocenters. The maximum absolute atomic E-state index is 9.02. The second kappa shape index (κ2) is 3.17. The lowest BCUT2D eigenvalue weighted by molar-refractivity contribution is 0.264. The van der Waals surface area contributed by atoms with E-state index in [9.17, 15) is 0 Å². The molecule has 0 aliphatic heterocycles. The van der Waals surface area contributed by atoms with Gasteiger partial charge in [-0.15, -0.1) is 0 Å². The molecule has 2 nitrogen and oxygen atoms in total. The van der Waals surface area contributed by atoms with Crippen LogP contribution in [-0.2, 0) is 0 Å². The Morgan fingerprint density at radius 1 is 1.56 bits per heavy atom. The lowest BCUT2D eigenvalue weighted by Crippen LogP contribution is -2.09. The number of nitrogens with zero attached hydrogens (tertiary/aromatic N) is 1. The van der Waals surface area contributed by atoms with Gasteiger partial charge in [-0.2, -0.15) is 0 Å². The fourth-order valence-corrected chi connectivity index (χ4v) is 0.349. The van der Waals surface area contributed by atoms with Crippen molar-refractivity contribution in [3.05, 3.63) is 24.1 Å². The van der Waals surface area contributed by atoms with E-state index in [4.69, 9.17) is 5.11 Å². The first-order chi connectivity index (χ1) is 4.04. The highest BCUT2D eigenvalue weighted by Crippen LogP contribution is 1.97. The van der Waals surface area contributed by atoms with Crippen molar-refractivity contribution in [1.82, 2.24) is 4.90 Å². The summed E-state index contributed by atoms with van der Waals surface area (Å²) in [5.41, 5.74) is 0.848. The molecule has 9 heavy (non-hydrogen) atoms. The Morgan fingerprint density at radius 2 is 2.00 bits per heavy atom. The predicted octanol–water partition coefficient (Wildman–Crippen LogP) is 1.52. The summed E-state index contributed by atoms with van der Waals surface area (Å²) in [5.74, 6) is 0.238. The Hall–Kier alpha value is -0.920. The smallest absolute Gasteiger partial charge is 0.186 e. The SMILES string of the molecule is C=C(C)/C=C(/O)N(C)C. The average Bonchev–Trinajstić information content (AvgIpc) is 1.63. The van der Waals surface area contributed by atoms with Crippen molar-refractivity contribution in [1.29, 1.82) is 0 Å². The van der Waals surface area contributed by atoms with Crippen molar-refractivity contribution in [2.75, 3.05) is 14.1 Å². The van der Waals surface area contributed by atoms with Crippen LogP contribution in [0, 0.1) is 0 Å². The maximum atomic E-state index is 9.02. The summed E-state index contributed by atoms with van der Waals surface area (Å²) in [6.07, 6.45) is 1.61. The fourth-order valence-electron chi connectivity index (χ4n) is 0.349. The van der Waals surface area contributed by atoms with Crippen molar-refractivity contribution in [2.24, 2.45) is 0 Å². The van der Waals surface area contributed by atoms with Gasteiger partial charge in [0, 0.05) is 20.2 Å². The van der Waals surface area contributed by atoms with Crippen LogP contribution in [0.5, 0.6) is 0 Å². The monoisotopic (exact) mass is 127 g/mol. The number of aliphatic hydroxyl groups is 1. The largest absolute Gasteiger partial charge is 0.495 e. The number of allylic oxidation sites excluding steroid dienone is 2. The highest BCUT2D eigenvalue weighted by Gasteiger charge is 1.91. The zero-order valence-corrected chi connectivity index (χ0v) is 6.18. The van der Waals surface area contributed by atoms with Crippen LogP contribution in [0.4, 0.5) is 0 Å². The van der Waals surface area contributed by atoms with Crippen LogP contribution in [-0.4, -0.2) is 24.1 Å². The molecule has 0 amide bonds. The molecule has 52 valence electrons. The van der Waals surface area contributed by atoms with Crippen LogP contribution in [0.15, 0.2) is 24.1 Å². The lowest BCUT2D eigenvalue weighted by atomic mass is 10.3. The van der Waals surface area contributed by atoms with Crippen LogP contribution in [0.1, 0.15) is 6.92 Å². The maximum Gasteiger partial charge on any atom is 0.186 e. The van der Waals surface area contributed by atoms with Crippen molar-refractivity contribution in [2.45, 2.75) is 6.92 Å². The summed E-state index contributed by atoms with van der Waals surface area (Å²) < 4.78 is 0. The normalized spacial score (nSPS) is 11.2. The Morgan fingerprint density at radius 3 is 2.11 bits per heavy atom. The number of hydrogen-bond acceptors (Lipinski definition) is 2. The number of rotatable bonds is 2. The van der Waals surface area contributed by atoms with E-state index in [2.05, 4.69) is 6.58 Å². The zero-order chi connectivity index (χ0) is 7.44. The highest BCUT2D eigenvalue weighted by molar-refractivity contribution is 5.12. The van der Waals surface area contributed by atoms with Crippen LogP contribution >= 0.6 is 0 Å². The molecule has 0 atom stereocenters. The van der Waals surface area contributed by atoms with Gasteiger partial charge < -0.3 is 10.0 Å². The molecule has 0 aliphatic rings. The van der Waals surface area contributed by atoms with Gasteiger partial charge in [-0.3, -0.25) is 0 Å². The molecular formula is C7H13NO. The van der Waals surface area contributed by atoms with Gasteiger partial charge in [-0.1, -0.05) is 12.2 Å². The third-order valence-corrected chi connectivity index (χ3v) is 0.834. The molecule has 0 aromatic rings. The van der Waals surface area contributed by atoms with E-state index >= 15 is 0 Å². The molecule has 0 fully saturated rings. The minimum Gasteiger partial charge on any atom is -0.495 e. The van der Waals surface area contributed by atoms with Crippen molar-refractivity contribution in [3.63, 3.8) is 0 Å². The summed E-state index contributed by atoms with van der Waals surface area (Å²) in [4.78, 5) is 1.62. The van der Waals surface area contributed by atoms with Crippen LogP contribution < -0.4 is 0 Å². The van der Waals surface area contributed by atoms with E-state index in [0.29, 0.717) is 0 Å². The van der Waals surface area contributed by atoms with Gasteiger partial charge >= 0.3 is 0 Å². The Kier molecular flexibility index (Phi) is 2.85. The van der Waals surface area contributed by atoms with Crippen molar-refractivity contribution < 1.29 is 5.11 Å². The molecule has 0 bridgehead atoms. The van der Waals surface area contributed by atoms with E-state index in [1.165, 1.54) is 0 Å². The van der Waals surface area contributed by atoms with Gasteiger partial charge in [-0.05, 0) is 6.92 Å². The van der Waals surface area contributed by atoms with Crippen LogP contribution in [0.25, 0.3) is 0 Å². The molecule has 0 spiro atoms. The zero-order valence-electron chi connectivity index (χ0n) is 6.18. The second-order valence-electron chi connectivity index (χ2n) is 2.24.